The Morgan fingerprint density at radius 1 is 1.53 bits per heavy atom. The van der Waals surface area contributed by atoms with Crippen molar-refractivity contribution in [3.05, 3.63) is 24.2 Å². The van der Waals surface area contributed by atoms with Crippen molar-refractivity contribution >= 4 is 5.91 Å². The third-order valence-corrected chi connectivity index (χ3v) is 2.71. The number of carbonyl (C=O) groups is 1. The van der Waals surface area contributed by atoms with Crippen molar-refractivity contribution in [2.75, 3.05) is 6.54 Å². The van der Waals surface area contributed by atoms with Gasteiger partial charge in [-0.25, -0.2) is 0 Å². The number of aryl methyl sites for hydroxylation is 1. The molecule has 4 nitrogen and oxygen atoms in total. The Morgan fingerprint density at radius 2 is 2.29 bits per heavy atom. The number of aliphatic hydroxyl groups excluding tert-OH is 1. The van der Waals surface area contributed by atoms with Crippen LogP contribution in [0.1, 0.15) is 32.4 Å². The largest absolute Gasteiger partial charge is 0.469 e. The smallest absolute Gasteiger partial charge is 0.220 e. The van der Waals surface area contributed by atoms with Gasteiger partial charge in [0.2, 0.25) is 5.91 Å². The molecule has 1 amide bonds. The summed E-state index contributed by atoms with van der Waals surface area (Å²) < 4.78 is 5.14. The van der Waals surface area contributed by atoms with Crippen molar-refractivity contribution in [3.8, 4) is 0 Å². The van der Waals surface area contributed by atoms with Gasteiger partial charge in [0.05, 0.1) is 12.4 Å². The molecule has 2 N–H and O–H groups in total. The molecule has 96 valence electrons. The van der Waals surface area contributed by atoms with E-state index in [1.807, 2.05) is 26.0 Å². The van der Waals surface area contributed by atoms with Crippen molar-refractivity contribution < 1.29 is 14.3 Å². The molecule has 0 saturated heterocycles. The minimum atomic E-state index is -0.347. The van der Waals surface area contributed by atoms with Crippen molar-refractivity contribution in [2.45, 2.75) is 39.2 Å². The van der Waals surface area contributed by atoms with Gasteiger partial charge in [-0.3, -0.25) is 4.79 Å². The molecule has 0 aliphatic heterocycles. The van der Waals surface area contributed by atoms with E-state index >= 15 is 0 Å². The zero-order valence-electron chi connectivity index (χ0n) is 10.5. The van der Waals surface area contributed by atoms with Gasteiger partial charge in [0.15, 0.2) is 0 Å². The van der Waals surface area contributed by atoms with Crippen LogP contribution in [0.2, 0.25) is 0 Å². The minimum Gasteiger partial charge on any atom is -0.469 e. The van der Waals surface area contributed by atoms with Crippen LogP contribution in [0, 0.1) is 5.92 Å². The van der Waals surface area contributed by atoms with Gasteiger partial charge < -0.3 is 14.8 Å². The fourth-order valence-corrected chi connectivity index (χ4v) is 1.47. The molecule has 1 aromatic rings. The molecule has 0 fully saturated rings. The van der Waals surface area contributed by atoms with Gasteiger partial charge in [-0.2, -0.15) is 0 Å². The van der Waals surface area contributed by atoms with Gasteiger partial charge in [-0.15, -0.1) is 0 Å². The van der Waals surface area contributed by atoms with Crippen LogP contribution in [0.3, 0.4) is 0 Å². The molecule has 4 heteroatoms. The van der Waals surface area contributed by atoms with Gasteiger partial charge >= 0.3 is 0 Å². The molecular formula is C13H21NO3. The van der Waals surface area contributed by atoms with Crippen LogP contribution in [0.5, 0.6) is 0 Å². The molecule has 0 saturated carbocycles. The summed E-state index contributed by atoms with van der Waals surface area (Å²) in [5.74, 6) is 1.05. The molecule has 1 unspecified atom stereocenters. The Bertz CT molecular complexity index is 319. The zero-order chi connectivity index (χ0) is 12.7. The highest BCUT2D eigenvalue weighted by atomic mass is 16.3. The third-order valence-electron chi connectivity index (χ3n) is 2.71. The lowest BCUT2D eigenvalue weighted by Crippen LogP contribution is -2.28. The summed E-state index contributed by atoms with van der Waals surface area (Å²) in [7, 11) is 0. The van der Waals surface area contributed by atoms with E-state index in [-0.39, 0.29) is 17.9 Å². The lowest BCUT2D eigenvalue weighted by molar-refractivity contribution is -0.121. The van der Waals surface area contributed by atoms with Crippen molar-refractivity contribution in [1.29, 1.82) is 0 Å². The maximum atomic E-state index is 11.5. The molecule has 17 heavy (non-hydrogen) atoms. The fraction of sp³-hybridized carbons (Fsp3) is 0.615. The average molecular weight is 239 g/mol. The molecule has 0 spiro atoms. The number of rotatable bonds is 7. The van der Waals surface area contributed by atoms with E-state index in [9.17, 15) is 9.90 Å². The summed E-state index contributed by atoms with van der Waals surface area (Å²) >= 11 is 0. The molecule has 0 aliphatic rings. The molecule has 1 aromatic heterocycles. The normalized spacial score (nSPS) is 12.7. The van der Waals surface area contributed by atoms with Crippen LogP contribution < -0.4 is 5.32 Å². The average Bonchev–Trinajstić information content (AvgIpc) is 2.78. The van der Waals surface area contributed by atoms with E-state index in [4.69, 9.17) is 4.42 Å². The van der Waals surface area contributed by atoms with Crippen LogP contribution in [-0.4, -0.2) is 23.7 Å². The predicted molar refractivity (Wildman–Crippen MR) is 65.5 cm³/mol. The second-order valence-corrected chi connectivity index (χ2v) is 4.53. The van der Waals surface area contributed by atoms with E-state index in [1.54, 1.807) is 6.26 Å². The number of hydrogen-bond donors (Lipinski definition) is 2. The number of aliphatic hydroxyl groups is 1. The summed E-state index contributed by atoms with van der Waals surface area (Å²) in [5, 5.41) is 12.3. The summed E-state index contributed by atoms with van der Waals surface area (Å²) in [4.78, 5) is 11.5. The van der Waals surface area contributed by atoms with E-state index in [2.05, 4.69) is 5.32 Å². The lowest BCUT2D eigenvalue weighted by Gasteiger charge is -2.14. The van der Waals surface area contributed by atoms with Crippen LogP contribution in [0.15, 0.2) is 22.8 Å². The van der Waals surface area contributed by atoms with Gasteiger partial charge in [-0.1, -0.05) is 13.8 Å². The van der Waals surface area contributed by atoms with Crippen LogP contribution in [-0.2, 0) is 11.2 Å². The first-order valence-electron chi connectivity index (χ1n) is 6.06. The zero-order valence-corrected chi connectivity index (χ0v) is 10.5. The van der Waals surface area contributed by atoms with Crippen LogP contribution in [0.25, 0.3) is 0 Å². The highest BCUT2D eigenvalue weighted by molar-refractivity contribution is 5.76. The summed E-state index contributed by atoms with van der Waals surface area (Å²) in [5.41, 5.74) is 0. The first kappa shape index (κ1) is 13.8. The molecule has 1 rings (SSSR count). The van der Waals surface area contributed by atoms with Crippen molar-refractivity contribution in [1.82, 2.24) is 5.32 Å². The number of nitrogens with one attached hydrogen (secondary N) is 1. The second kappa shape index (κ2) is 7.12. The minimum absolute atomic E-state index is 0.00245. The monoisotopic (exact) mass is 239 g/mol. The quantitative estimate of drug-likeness (QED) is 0.761. The Morgan fingerprint density at radius 3 is 2.88 bits per heavy atom. The van der Waals surface area contributed by atoms with E-state index in [0.717, 1.165) is 5.76 Å². The third kappa shape index (κ3) is 5.54. The molecule has 0 bridgehead atoms. The van der Waals surface area contributed by atoms with Gasteiger partial charge in [-0.05, 0) is 24.5 Å². The SMILES string of the molecule is CC(C)C(O)CCNC(=O)CCc1ccco1. The molecule has 0 aromatic carbocycles. The Kier molecular flexibility index (Phi) is 5.77. The first-order valence-corrected chi connectivity index (χ1v) is 6.06. The number of furan rings is 1. The molecule has 0 radical (unpaired) electrons. The van der Waals surface area contributed by atoms with Crippen molar-refractivity contribution in [3.63, 3.8) is 0 Å². The highest BCUT2D eigenvalue weighted by Gasteiger charge is 2.09. The fourth-order valence-electron chi connectivity index (χ4n) is 1.47. The maximum Gasteiger partial charge on any atom is 0.220 e. The predicted octanol–water partition coefficient (Wildman–Crippen LogP) is 1.74. The van der Waals surface area contributed by atoms with Gasteiger partial charge in [0, 0.05) is 19.4 Å². The van der Waals surface area contributed by atoms with Gasteiger partial charge in [0.1, 0.15) is 5.76 Å². The lowest BCUT2D eigenvalue weighted by atomic mass is 10.0. The van der Waals surface area contributed by atoms with E-state index < -0.39 is 0 Å². The maximum absolute atomic E-state index is 11.5. The number of amides is 1. The summed E-state index contributed by atoms with van der Waals surface area (Å²) in [6.45, 7) is 4.45. The molecular weight excluding hydrogens is 218 g/mol. The molecule has 1 heterocycles. The van der Waals surface area contributed by atoms with E-state index in [1.165, 1.54) is 0 Å². The summed E-state index contributed by atoms with van der Waals surface area (Å²) in [6, 6.07) is 3.67. The second-order valence-electron chi connectivity index (χ2n) is 4.53. The van der Waals surface area contributed by atoms with Crippen molar-refractivity contribution in [2.24, 2.45) is 5.92 Å². The van der Waals surface area contributed by atoms with Gasteiger partial charge in [0.25, 0.3) is 0 Å². The van der Waals surface area contributed by atoms with Crippen LogP contribution in [0.4, 0.5) is 0 Å². The molecule has 0 aliphatic carbocycles. The van der Waals surface area contributed by atoms with E-state index in [0.29, 0.717) is 25.8 Å². The van der Waals surface area contributed by atoms with Crippen LogP contribution >= 0.6 is 0 Å². The first-order chi connectivity index (χ1) is 8.09. The number of hydrogen-bond acceptors (Lipinski definition) is 3. The highest BCUT2D eigenvalue weighted by Crippen LogP contribution is 2.05. The Hall–Kier alpha value is -1.29. The Labute approximate surface area is 102 Å². The molecule has 1 atom stereocenters. The topological polar surface area (TPSA) is 62.5 Å². The standard InChI is InChI=1S/C13H21NO3/c1-10(2)12(15)7-8-14-13(16)6-5-11-4-3-9-17-11/h3-4,9-10,12,15H,5-8H2,1-2H3,(H,14,16). The number of carbonyl (C=O) groups excluding carboxylic acids is 1. The Balaban J connectivity index is 2.09. The summed E-state index contributed by atoms with van der Waals surface area (Å²) in [6.07, 6.45) is 2.90.